The van der Waals surface area contributed by atoms with Gasteiger partial charge in [0.05, 0.1) is 0 Å². The zero-order valence-corrected chi connectivity index (χ0v) is 36.7. The van der Waals surface area contributed by atoms with Crippen molar-refractivity contribution in [3.63, 3.8) is 0 Å². The van der Waals surface area contributed by atoms with Gasteiger partial charge in [0.15, 0.2) is 0 Å². The van der Waals surface area contributed by atoms with Gasteiger partial charge in [0, 0.05) is 271 Å². The molecular formula is S30. The molecular weight excluding hydrogens is 962 g/mol. The molecule has 0 nitrogen and oxygen atoms in total. The Hall–Kier alpha value is 6.60. The molecule has 0 spiro atoms. The molecule has 0 saturated heterocycles. The number of rotatable bonds is 0. The van der Waals surface area contributed by atoms with Crippen LogP contribution in [0.2, 0.25) is 0 Å². The van der Waals surface area contributed by atoms with E-state index < -0.39 is 0 Å². The summed E-state index contributed by atoms with van der Waals surface area (Å²) in [6.45, 7) is 0. The quantitative estimate of drug-likeness (QED) is 0.334. The molecule has 180 valence electrons. The molecule has 0 aliphatic carbocycles. The largest absolute Gasteiger partial charge is 0 e. The summed E-state index contributed by atoms with van der Waals surface area (Å²) in [7, 11) is 49.1. The van der Waals surface area contributed by atoms with Crippen molar-refractivity contribution >= 4 is 271 Å². The summed E-state index contributed by atoms with van der Waals surface area (Å²) in [5.41, 5.74) is 0. The number of hydrogen-bond acceptors (Lipinski definition) is 2. The Morgan fingerprint density at radius 1 is 0.167 bits per heavy atom. The lowest BCUT2D eigenvalue weighted by Crippen LogP contribution is -1.41. The van der Waals surface area contributed by atoms with E-state index in [-0.39, 0.29) is 0 Å². The minimum Gasteiger partial charge on any atom is 0 e. The monoisotopic (exact) mass is 959 g/mol. The maximum Gasteiger partial charge on any atom is 0 e. The predicted molar refractivity (Wildman–Crippen MR) is 221 cm³/mol. The third-order valence-electron chi connectivity index (χ3n) is 0.750. The Bertz CT molecular complexity index is 1650. The van der Waals surface area contributed by atoms with Crippen LogP contribution in [-0.4, -0.2) is 0 Å². The van der Waals surface area contributed by atoms with Crippen LogP contribution >= 0.6 is 0 Å². The van der Waals surface area contributed by atoms with Crippen LogP contribution in [0.3, 0.4) is 0 Å². The van der Waals surface area contributed by atoms with Crippen LogP contribution in [0.5, 0.6) is 0 Å². The van der Waals surface area contributed by atoms with E-state index in [9.17, 15) is 0 Å². The second-order valence-electron chi connectivity index (χ2n) is 1.91. The zero-order chi connectivity index (χ0) is 21.8. The van der Waals surface area contributed by atoms with Crippen molar-refractivity contribution in [2.24, 2.45) is 0 Å². The van der Waals surface area contributed by atoms with Crippen LogP contribution in [0.1, 0.15) is 0 Å². The highest BCUT2D eigenvalue weighted by atomic mass is 33.5. The second kappa shape index (κ2) is 35.6. The Kier molecular flexibility index (Phi) is 43.4. The highest BCUT2D eigenvalue weighted by Crippen LogP contribution is 1.43. The van der Waals surface area contributed by atoms with E-state index in [1.165, 1.54) is 17.8 Å². The minimum absolute atomic E-state index is 1.37. The van der Waals surface area contributed by atoms with Crippen LogP contribution in [0, 0.1) is 0 Å². The van der Waals surface area contributed by atoms with Crippen molar-refractivity contribution < 1.29 is 0 Å². The highest BCUT2D eigenvalue weighted by Gasteiger charge is 1.43. The summed E-state index contributed by atoms with van der Waals surface area (Å²) < 4.78 is 0. The molecule has 30 heavy (non-hydrogen) atoms. The topological polar surface area (TPSA) is 0 Å². The molecule has 0 bridgehead atoms. The summed E-state index contributed by atoms with van der Waals surface area (Å²) >= 11 is 9.57. The highest BCUT2D eigenvalue weighted by molar-refractivity contribution is 8.80. The fraction of sp³-hybridized carbons (Fsp3) is 0. The van der Waals surface area contributed by atoms with Gasteiger partial charge in [0.25, 0.3) is 0 Å². The molecule has 0 saturated carbocycles. The van der Waals surface area contributed by atoms with Gasteiger partial charge in [0.2, 0.25) is 0 Å². The van der Waals surface area contributed by atoms with E-state index in [1.54, 1.807) is 124 Å². The Balaban J connectivity index is 5.95. The van der Waals surface area contributed by atoms with Gasteiger partial charge in [-0.2, -0.15) is 0 Å². The van der Waals surface area contributed by atoms with E-state index in [0.717, 1.165) is 0 Å². The van der Waals surface area contributed by atoms with Crippen molar-refractivity contribution in [2.45, 2.75) is 0 Å². The van der Waals surface area contributed by atoms with E-state index in [2.05, 4.69) is 0 Å². The molecule has 0 heterocycles. The average molecular weight is 962 g/mol. The summed E-state index contributed by atoms with van der Waals surface area (Å²) in [5.74, 6) is 0. The van der Waals surface area contributed by atoms with E-state index >= 15 is 0 Å². The molecule has 0 aliphatic rings. The summed E-state index contributed by atoms with van der Waals surface area (Å²) in [5, 5.41) is 0. The fourth-order valence-corrected chi connectivity index (χ4v) is 71.6. The van der Waals surface area contributed by atoms with Crippen LogP contribution in [0.15, 0.2) is 0 Å². The summed E-state index contributed by atoms with van der Waals surface area (Å²) in [6.07, 6.45) is 0. The first-order chi connectivity index (χ1) is 14.9. The smallest absolute Gasteiger partial charge is 0 e. The van der Waals surface area contributed by atoms with Crippen LogP contribution in [0.25, 0.3) is 0 Å². The molecule has 0 aromatic carbocycles. The molecule has 0 fully saturated rings. The number of hydrogen-bond donors (Lipinski definition) is 0. The summed E-state index contributed by atoms with van der Waals surface area (Å²) in [6, 6.07) is 0. The Morgan fingerprint density at radius 3 is 0.367 bits per heavy atom. The molecule has 0 aliphatic heterocycles. The fourth-order valence-electron chi connectivity index (χ4n) is 0.295. The predicted octanol–water partition coefficient (Wildman–Crippen LogP) is -0.0720. The van der Waals surface area contributed by atoms with Gasteiger partial charge in [0.1, 0.15) is 0 Å². The van der Waals surface area contributed by atoms with Crippen molar-refractivity contribution in [1.82, 2.24) is 0 Å². The van der Waals surface area contributed by atoms with Gasteiger partial charge in [-0.15, -0.1) is 0 Å². The SMILES string of the molecule is S=S=S=S=S=S=S=S=S=S=S=S=S=S=S=S=S=S=S=S=S=S=S=S=S=S=S=S=S=S. The van der Waals surface area contributed by atoms with Gasteiger partial charge >= 0.3 is 0 Å². The first kappa shape index (κ1) is 36.6. The Labute approximate surface area is 263 Å². The first-order valence-electron chi connectivity index (χ1n) is 4.83. The third-order valence-corrected chi connectivity index (χ3v) is 60.7. The zero-order valence-electron chi connectivity index (χ0n) is 12.2. The van der Waals surface area contributed by atoms with Crippen LogP contribution < -0.4 is 0 Å². The van der Waals surface area contributed by atoms with Crippen LogP contribution in [0.4, 0.5) is 0 Å². The lowest BCUT2D eigenvalue weighted by Gasteiger charge is -1.41. The lowest BCUT2D eigenvalue weighted by molar-refractivity contribution is 5.96. The normalized spacial score (nSPS) is 7.60. The molecule has 0 aromatic rings. The van der Waals surface area contributed by atoms with Crippen molar-refractivity contribution in [3.8, 4) is 0 Å². The lowest BCUT2D eigenvalue weighted by atomic mass is 30.7. The molecule has 0 amide bonds. The van der Waals surface area contributed by atoms with E-state index in [0.29, 0.717) is 0 Å². The molecule has 0 rings (SSSR count). The van der Waals surface area contributed by atoms with Crippen LogP contribution in [-0.2, 0) is 271 Å². The molecule has 0 aromatic heterocycles. The van der Waals surface area contributed by atoms with Gasteiger partial charge in [-0.25, -0.2) is 0 Å². The Morgan fingerprint density at radius 2 is 0.267 bits per heavy atom. The first-order valence-corrected chi connectivity index (χ1v) is 43.5. The molecule has 30 heteroatoms. The minimum atomic E-state index is 1.37. The molecule has 0 N–H and O–H groups in total. The third kappa shape index (κ3) is 34.6. The van der Waals surface area contributed by atoms with Crippen molar-refractivity contribution in [2.75, 3.05) is 0 Å². The van der Waals surface area contributed by atoms with Crippen molar-refractivity contribution in [1.29, 1.82) is 0 Å². The molecule has 0 unspecified atom stereocenters. The summed E-state index contributed by atoms with van der Waals surface area (Å²) in [4.78, 5) is 0. The van der Waals surface area contributed by atoms with Gasteiger partial charge in [-0.05, 0) is 0 Å². The second-order valence-corrected chi connectivity index (χ2v) is 51.4. The molecule has 0 radical (unpaired) electrons. The van der Waals surface area contributed by atoms with Gasteiger partial charge in [-0.1, -0.05) is 0 Å². The maximum atomic E-state index is 4.79. The standard InChI is InChI=1S/S30/c1-3-5-7-9-11-13-15-17-19-21-23-25-27-29-30-28-26-24-22-20-18-16-14-12-10-8-6-4-2. The van der Waals surface area contributed by atoms with Crippen molar-refractivity contribution in [3.05, 3.63) is 0 Å². The van der Waals surface area contributed by atoms with Gasteiger partial charge < -0.3 is 0 Å². The van der Waals surface area contributed by atoms with E-state index in [4.69, 9.17) is 22.4 Å². The van der Waals surface area contributed by atoms with Gasteiger partial charge in [-0.3, -0.25) is 0 Å². The maximum absolute atomic E-state index is 4.79. The average Bonchev–Trinajstić information content (AvgIpc) is 2.76. The van der Waals surface area contributed by atoms with E-state index in [1.807, 2.05) is 107 Å². The molecule has 0 atom stereocenters.